The molecule has 116 valence electrons. The number of amides is 1. The van der Waals surface area contributed by atoms with Gasteiger partial charge in [-0.3, -0.25) is 9.59 Å². The maximum atomic E-state index is 12.4. The normalized spacial score (nSPS) is 10.5. The van der Waals surface area contributed by atoms with Gasteiger partial charge in [-0.15, -0.1) is 11.3 Å². The molecule has 0 aliphatic heterocycles. The summed E-state index contributed by atoms with van der Waals surface area (Å²) in [5.41, 5.74) is 2.51. The van der Waals surface area contributed by atoms with E-state index in [2.05, 4.69) is 19.2 Å². The van der Waals surface area contributed by atoms with Crippen LogP contribution in [0.5, 0.6) is 0 Å². The van der Waals surface area contributed by atoms with E-state index in [1.807, 2.05) is 6.07 Å². The Balaban J connectivity index is 2.18. The van der Waals surface area contributed by atoms with Gasteiger partial charge in [0.15, 0.2) is 5.78 Å². The van der Waals surface area contributed by atoms with Crippen molar-refractivity contribution >= 4 is 28.7 Å². The number of anilines is 1. The standard InChI is InChI=1S/C18H21NO2S/c1-4-7-16-13(5-2)11-17(22-16)18(21)19-15-9-6-8-14(10-15)12(3)20/h6,8-11H,4-5,7H2,1-3H3,(H,19,21). The van der Waals surface area contributed by atoms with Crippen LogP contribution < -0.4 is 5.32 Å². The number of hydrogen-bond acceptors (Lipinski definition) is 3. The first-order chi connectivity index (χ1) is 10.5. The molecule has 1 aromatic carbocycles. The summed E-state index contributed by atoms with van der Waals surface area (Å²) in [6.07, 6.45) is 3.04. The molecule has 0 aliphatic carbocycles. The van der Waals surface area contributed by atoms with Gasteiger partial charge in [0, 0.05) is 16.1 Å². The maximum Gasteiger partial charge on any atom is 0.265 e. The fourth-order valence-electron chi connectivity index (χ4n) is 2.32. The van der Waals surface area contributed by atoms with Gasteiger partial charge in [-0.1, -0.05) is 32.4 Å². The zero-order chi connectivity index (χ0) is 16.1. The van der Waals surface area contributed by atoms with Crippen molar-refractivity contribution < 1.29 is 9.59 Å². The number of hydrogen-bond donors (Lipinski definition) is 1. The molecule has 4 heteroatoms. The van der Waals surface area contributed by atoms with Crippen molar-refractivity contribution in [2.45, 2.75) is 40.0 Å². The third-order valence-electron chi connectivity index (χ3n) is 3.51. The Labute approximate surface area is 135 Å². The molecule has 0 bridgehead atoms. The average Bonchev–Trinajstić information content (AvgIpc) is 2.91. The molecule has 0 saturated heterocycles. The van der Waals surface area contributed by atoms with Crippen molar-refractivity contribution in [3.63, 3.8) is 0 Å². The fraction of sp³-hybridized carbons (Fsp3) is 0.333. The molecule has 0 radical (unpaired) electrons. The molecule has 0 saturated carbocycles. The topological polar surface area (TPSA) is 46.2 Å². The summed E-state index contributed by atoms with van der Waals surface area (Å²) < 4.78 is 0. The maximum absolute atomic E-state index is 12.4. The van der Waals surface area contributed by atoms with Crippen LogP contribution in [0.1, 0.15) is 57.7 Å². The van der Waals surface area contributed by atoms with Crippen LogP contribution in [0.25, 0.3) is 0 Å². The monoisotopic (exact) mass is 315 g/mol. The summed E-state index contributed by atoms with van der Waals surface area (Å²) in [4.78, 5) is 25.8. The second-order valence-electron chi connectivity index (χ2n) is 5.25. The highest BCUT2D eigenvalue weighted by atomic mass is 32.1. The van der Waals surface area contributed by atoms with Crippen LogP contribution in [-0.4, -0.2) is 11.7 Å². The van der Waals surface area contributed by atoms with Gasteiger partial charge in [-0.2, -0.15) is 0 Å². The highest BCUT2D eigenvalue weighted by Crippen LogP contribution is 2.25. The lowest BCUT2D eigenvalue weighted by molar-refractivity contribution is 0.101. The average molecular weight is 315 g/mol. The minimum absolute atomic E-state index is 0.00859. The Kier molecular flexibility index (Phi) is 5.50. The molecule has 0 unspecified atom stereocenters. The van der Waals surface area contributed by atoms with Crippen LogP contribution in [0.15, 0.2) is 30.3 Å². The minimum Gasteiger partial charge on any atom is -0.321 e. The number of aryl methyl sites for hydroxylation is 2. The molecule has 3 nitrogen and oxygen atoms in total. The first-order valence-electron chi connectivity index (χ1n) is 7.59. The van der Waals surface area contributed by atoms with Gasteiger partial charge < -0.3 is 5.32 Å². The Morgan fingerprint density at radius 3 is 2.59 bits per heavy atom. The third kappa shape index (κ3) is 3.83. The molecule has 2 rings (SSSR count). The molecule has 0 fully saturated rings. The predicted molar refractivity (Wildman–Crippen MR) is 92.1 cm³/mol. The van der Waals surface area contributed by atoms with Gasteiger partial charge >= 0.3 is 0 Å². The van der Waals surface area contributed by atoms with Gasteiger partial charge in [-0.05, 0) is 43.5 Å². The number of Topliss-reactive ketones (excluding diaryl/α,β-unsaturated/α-hetero) is 1. The van der Waals surface area contributed by atoms with Crippen LogP contribution in [0.2, 0.25) is 0 Å². The Hall–Kier alpha value is -1.94. The summed E-state index contributed by atoms with van der Waals surface area (Å²) in [7, 11) is 0. The fourth-order valence-corrected chi connectivity index (χ4v) is 3.58. The molecular formula is C18H21NO2S. The van der Waals surface area contributed by atoms with Crippen molar-refractivity contribution in [2.75, 3.05) is 5.32 Å². The number of nitrogens with one attached hydrogen (secondary N) is 1. The van der Waals surface area contributed by atoms with E-state index in [1.54, 1.807) is 35.6 Å². The van der Waals surface area contributed by atoms with E-state index in [9.17, 15) is 9.59 Å². The zero-order valence-electron chi connectivity index (χ0n) is 13.2. The number of benzene rings is 1. The van der Waals surface area contributed by atoms with Crippen LogP contribution in [-0.2, 0) is 12.8 Å². The SMILES string of the molecule is CCCc1sc(C(=O)Nc2cccc(C(C)=O)c2)cc1CC. The highest BCUT2D eigenvalue weighted by Gasteiger charge is 2.14. The molecule has 2 aromatic rings. The number of rotatable bonds is 6. The van der Waals surface area contributed by atoms with Crippen molar-refractivity contribution in [2.24, 2.45) is 0 Å². The van der Waals surface area contributed by atoms with Gasteiger partial charge in [0.25, 0.3) is 5.91 Å². The number of thiophene rings is 1. The van der Waals surface area contributed by atoms with Gasteiger partial charge in [0.1, 0.15) is 0 Å². The van der Waals surface area contributed by atoms with Gasteiger partial charge in [0.2, 0.25) is 0 Å². The number of carbonyl (C=O) groups excluding carboxylic acids is 2. The smallest absolute Gasteiger partial charge is 0.265 e. The summed E-state index contributed by atoms with van der Waals surface area (Å²) in [6, 6.07) is 9.02. The van der Waals surface area contributed by atoms with Gasteiger partial charge in [-0.25, -0.2) is 0 Å². The number of ketones is 1. The molecule has 0 atom stereocenters. The van der Waals surface area contributed by atoms with Crippen molar-refractivity contribution in [3.05, 3.63) is 51.2 Å². The second-order valence-corrected chi connectivity index (χ2v) is 6.39. The lowest BCUT2D eigenvalue weighted by Gasteiger charge is -2.04. The summed E-state index contributed by atoms with van der Waals surface area (Å²) >= 11 is 1.57. The summed E-state index contributed by atoms with van der Waals surface area (Å²) in [6.45, 7) is 5.77. The van der Waals surface area contributed by atoms with Crippen molar-refractivity contribution in [1.29, 1.82) is 0 Å². The van der Waals surface area contributed by atoms with E-state index in [4.69, 9.17) is 0 Å². The molecule has 1 amide bonds. The molecule has 0 aliphatic rings. The Morgan fingerprint density at radius 1 is 1.18 bits per heavy atom. The minimum atomic E-state index is -0.109. The van der Waals surface area contributed by atoms with Crippen LogP contribution in [0.4, 0.5) is 5.69 Å². The van der Waals surface area contributed by atoms with E-state index in [1.165, 1.54) is 17.4 Å². The lowest BCUT2D eigenvalue weighted by atomic mass is 10.1. The van der Waals surface area contributed by atoms with Crippen LogP contribution >= 0.6 is 11.3 Å². The first-order valence-corrected chi connectivity index (χ1v) is 8.40. The van der Waals surface area contributed by atoms with E-state index in [0.717, 1.165) is 24.1 Å². The Morgan fingerprint density at radius 2 is 1.95 bits per heavy atom. The van der Waals surface area contributed by atoms with Crippen LogP contribution in [0.3, 0.4) is 0 Å². The largest absolute Gasteiger partial charge is 0.321 e. The van der Waals surface area contributed by atoms with E-state index < -0.39 is 0 Å². The lowest BCUT2D eigenvalue weighted by Crippen LogP contribution is -2.10. The number of carbonyl (C=O) groups is 2. The quantitative estimate of drug-likeness (QED) is 0.784. The van der Waals surface area contributed by atoms with E-state index in [0.29, 0.717) is 11.3 Å². The summed E-state index contributed by atoms with van der Waals surface area (Å²) in [5.74, 6) is -0.117. The highest BCUT2D eigenvalue weighted by molar-refractivity contribution is 7.14. The molecule has 1 N–H and O–H groups in total. The van der Waals surface area contributed by atoms with E-state index in [-0.39, 0.29) is 11.7 Å². The predicted octanol–water partition coefficient (Wildman–Crippen LogP) is 4.72. The second kappa shape index (κ2) is 7.36. The van der Waals surface area contributed by atoms with Crippen molar-refractivity contribution in [3.8, 4) is 0 Å². The first kappa shape index (κ1) is 16.4. The molecule has 1 heterocycles. The zero-order valence-corrected chi connectivity index (χ0v) is 14.0. The molecule has 22 heavy (non-hydrogen) atoms. The summed E-state index contributed by atoms with van der Waals surface area (Å²) in [5, 5.41) is 2.88. The van der Waals surface area contributed by atoms with Crippen LogP contribution in [0, 0.1) is 0 Å². The third-order valence-corrected chi connectivity index (χ3v) is 4.74. The molecule has 0 spiro atoms. The van der Waals surface area contributed by atoms with Crippen molar-refractivity contribution in [1.82, 2.24) is 0 Å². The molecular weight excluding hydrogens is 294 g/mol. The Bertz CT molecular complexity index is 688. The molecule has 1 aromatic heterocycles. The van der Waals surface area contributed by atoms with Gasteiger partial charge in [0.05, 0.1) is 4.88 Å². The van der Waals surface area contributed by atoms with E-state index >= 15 is 0 Å².